The van der Waals surface area contributed by atoms with Crippen LogP contribution in [0.1, 0.15) is 21.5 Å². The number of nitrogens with zero attached hydrogens (tertiary/aromatic N) is 1. The van der Waals surface area contributed by atoms with Gasteiger partial charge in [-0.1, -0.05) is 23.7 Å². The predicted octanol–water partition coefficient (Wildman–Crippen LogP) is 5.33. The fourth-order valence-corrected chi connectivity index (χ4v) is 4.48. The molecule has 1 aliphatic rings. The van der Waals surface area contributed by atoms with Crippen molar-refractivity contribution in [2.75, 3.05) is 10.7 Å². The fourth-order valence-electron chi connectivity index (χ4n) is 3.35. The molecule has 1 N–H and O–H groups in total. The number of hydrogen-bond acceptors (Lipinski definition) is 3. The molecule has 0 bridgehead atoms. The highest BCUT2D eigenvalue weighted by Gasteiger charge is 2.26. The monoisotopic (exact) mass is 476 g/mol. The number of fused-ring (bicyclic) bond motifs is 1. The van der Waals surface area contributed by atoms with Gasteiger partial charge >= 0.3 is 0 Å². The lowest BCUT2D eigenvalue weighted by Gasteiger charge is -2.29. The summed E-state index contributed by atoms with van der Waals surface area (Å²) in [4.78, 5) is 27.6. The number of halogens is 4. The lowest BCUT2D eigenvalue weighted by molar-refractivity contribution is -0.116. The number of carbonyl (C=O) groups is 2. The van der Waals surface area contributed by atoms with Gasteiger partial charge in [0.1, 0.15) is 17.5 Å². The first-order chi connectivity index (χ1) is 15.3. The first-order valence-electron chi connectivity index (χ1n) is 9.55. The van der Waals surface area contributed by atoms with E-state index in [1.807, 2.05) is 6.07 Å². The average Bonchev–Trinajstić information content (AvgIpc) is 2.74. The Morgan fingerprint density at radius 1 is 1.06 bits per heavy atom. The van der Waals surface area contributed by atoms with Gasteiger partial charge in [-0.3, -0.25) is 9.59 Å². The molecule has 3 aromatic rings. The number of amides is 2. The maximum atomic E-state index is 13.8. The Balaban J connectivity index is 1.56. The number of hydrogen-bond donors (Lipinski definition) is 1. The third-order valence-corrected chi connectivity index (χ3v) is 6.21. The smallest absolute Gasteiger partial charge is 0.251 e. The van der Waals surface area contributed by atoms with Gasteiger partial charge in [0.15, 0.2) is 0 Å². The van der Waals surface area contributed by atoms with E-state index in [-0.39, 0.29) is 23.8 Å². The van der Waals surface area contributed by atoms with Gasteiger partial charge in [-0.25, -0.2) is 13.2 Å². The van der Waals surface area contributed by atoms with Gasteiger partial charge in [0.25, 0.3) is 5.91 Å². The second-order valence-electron chi connectivity index (χ2n) is 7.11. The summed E-state index contributed by atoms with van der Waals surface area (Å²) in [5.41, 5.74) is 1.18. The number of nitrogens with one attached hydrogen (secondary N) is 1. The normalized spacial score (nSPS) is 13.1. The van der Waals surface area contributed by atoms with Gasteiger partial charge < -0.3 is 10.2 Å². The molecule has 0 aliphatic carbocycles. The van der Waals surface area contributed by atoms with E-state index in [2.05, 4.69) is 5.32 Å². The van der Waals surface area contributed by atoms with Crippen LogP contribution in [0.2, 0.25) is 5.02 Å². The predicted molar refractivity (Wildman–Crippen MR) is 117 cm³/mol. The van der Waals surface area contributed by atoms with Crippen LogP contribution in [0.15, 0.2) is 59.5 Å². The van der Waals surface area contributed by atoms with Crippen LogP contribution in [0.25, 0.3) is 0 Å². The van der Waals surface area contributed by atoms with Gasteiger partial charge in [0.05, 0.1) is 18.0 Å². The highest BCUT2D eigenvalue weighted by molar-refractivity contribution is 8.00. The van der Waals surface area contributed by atoms with E-state index in [0.717, 1.165) is 10.5 Å². The van der Waals surface area contributed by atoms with Crippen molar-refractivity contribution in [2.24, 2.45) is 0 Å². The number of thioether (sulfide) groups is 1. The zero-order valence-corrected chi connectivity index (χ0v) is 18.1. The summed E-state index contributed by atoms with van der Waals surface area (Å²) in [6, 6.07) is 13.1. The number of benzene rings is 3. The van der Waals surface area contributed by atoms with Gasteiger partial charge in [0, 0.05) is 39.7 Å². The van der Waals surface area contributed by atoms with Crippen molar-refractivity contribution in [3.8, 4) is 0 Å². The van der Waals surface area contributed by atoms with Crippen LogP contribution < -0.4 is 10.2 Å². The third-order valence-electron chi connectivity index (χ3n) is 4.93. The summed E-state index contributed by atoms with van der Waals surface area (Å²) >= 11 is 7.41. The second kappa shape index (κ2) is 9.26. The van der Waals surface area contributed by atoms with E-state index in [9.17, 15) is 22.8 Å². The SMILES string of the molecule is O=C(NCc1c(F)cc(F)cc1F)c1ccc2c(c1)N(Cc1cccc(Cl)c1)C(=O)CS2. The third kappa shape index (κ3) is 4.76. The molecule has 0 fully saturated rings. The summed E-state index contributed by atoms with van der Waals surface area (Å²) in [7, 11) is 0. The molecular formula is C23H16ClF3N2O2S. The number of carbonyl (C=O) groups excluding carboxylic acids is 2. The maximum Gasteiger partial charge on any atom is 0.251 e. The minimum absolute atomic E-state index is 0.115. The number of rotatable bonds is 5. The molecule has 0 aromatic heterocycles. The van der Waals surface area contributed by atoms with Gasteiger partial charge in [-0.2, -0.15) is 0 Å². The molecule has 4 rings (SSSR count). The molecule has 32 heavy (non-hydrogen) atoms. The fraction of sp³-hybridized carbons (Fsp3) is 0.130. The second-order valence-corrected chi connectivity index (χ2v) is 8.57. The highest BCUT2D eigenvalue weighted by Crippen LogP contribution is 2.37. The Hall–Kier alpha value is -2.97. The van der Waals surface area contributed by atoms with Gasteiger partial charge in [0.2, 0.25) is 5.91 Å². The first kappa shape index (κ1) is 22.2. The molecule has 4 nitrogen and oxygen atoms in total. The van der Waals surface area contributed by atoms with Crippen molar-refractivity contribution in [3.63, 3.8) is 0 Å². The van der Waals surface area contributed by atoms with Crippen LogP contribution >= 0.6 is 23.4 Å². The molecule has 0 spiro atoms. The average molecular weight is 477 g/mol. The van der Waals surface area contributed by atoms with E-state index in [4.69, 9.17) is 11.6 Å². The van der Waals surface area contributed by atoms with Crippen LogP contribution in [0, 0.1) is 17.5 Å². The molecule has 3 aromatic carbocycles. The van der Waals surface area contributed by atoms with Crippen LogP contribution in [-0.4, -0.2) is 17.6 Å². The van der Waals surface area contributed by atoms with Gasteiger partial charge in [-0.05, 0) is 35.9 Å². The first-order valence-corrected chi connectivity index (χ1v) is 10.9. The summed E-state index contributed by atoms with van der Waals surface area (Å²) in [5.74, 6) is -3.63. The Morgan fingerprint density at radius 3 is 2.53 bits per heavy atom. The lowest BCUT2D eigenvalue weighted by atomic mass is 10.1. The lowest BCUT2D eigenvalue weighted by Crippen LogP contribution is -2.35. The molecule has 0 saturated carbocycles. The molecule has 0 unspecified atom stereocenters. The van der Waals surface area contributed by atoms with Crippen molar-refractivity contribution in [1.82, 2.24) is 5.32 Å². The summed E-state index contributed by atoms with van der Waals surface area (Å²) in [6.07, 6.45) is 0. The standard InChI is InChI=1S/C23H16ClF3N2O2S/c24-15-3-1-2-13(6-15)11-29-20-7-14(4-5-21(20)32-12-22(29)30)23(31)28-10-17-18(26)8-16(25)9-19(17)27/h1-9H,10-12H2,(H,28,31). The van der Waals surface area contributed by atoms with Crippen LogP contribution in [0.3, 0.4) is 0 Å². The topological polar surface area (TPSA) is 49.4 Å². The van der Waals surface area contributed by atoms with Crippen LogP contribution in [-0.2, 0) is 17.9 Å². The van der Waals surface area contributed by atoms with Crippen LogP contribution in [0.5, 0.6) is 0 Å². The molecule has 9 heteroatoms. The Morgan fingerprint density at radius 2 is 1.81 bits per heavy atom. The van der Waals surface area contributed by atoms with Crippen molar-refractivity contribution < 1.29 is 22.8 Å². The van der Waals surface area contributed by atoms with Gasteiger partial charge in [-0.15, -0.1) is 11.8 Å². The summed E-state index contributed by atoms with van der Waals surface area (Å²) in [5, 5.41) is 2.99. The van der Waals surface area contributed by atoms with Crippen molar-refractivity contribution in [2.45, 2.75) is 18.0 Å². The van der Waals surface area contributed by atoms with E-state index < -0.39 is 35.5 Å². The van der Waals surface area contributed by atoms with E-state index in [1.54, 1.807) is 41.3 Å². The molecule has 1 heterocycles. The molecule has 164 valence electrons. The molecular weight excluding hydrogens is 461 g/mol. The molecule has 0 saturated heterocycles. The molecule has 0 atom stereocenters. The molecule has 1 aliphatic heterocycles. The number of anilines is 1. The minimum Gasteiger partial charge on any atom is -0.348 e. The zero-order valence-electron chi connectivity index (χ0n) is 16.5. The largest absolute Gasteiger partial charge is 0.348 e. The molecule has 0 radical (unpaired) electrons. The van der Waals surface area contributed by atoms with E-state index in [0.29, 0.717) is 22.8 Å². The van der Waals surface area contributed by atoms with Crippen molar-refractivity contribution in [3.05, 3.63) is 93.8 Å². The van der Waals surface area contributed by atoms with Crippen molar-refractivity contribution in [1.29, 1.82) is 0 Å². The van der Waals surface area contributed by atoms with E-state index in [1.165, 1.54) is 11.8 Å². The van der Waals surface area contributed by atoms with Crippen molar-refractivity contribution >= 4 is 40.9 Å². The Labute approximate surface area is 191 Å². The molecule has 2 amide bonds. The van der Waals surface area contributed by atoms with Crippen LogP contribution in [0.4, 0.5) is 18.9 Å². The highest BCUT2D eigenvalue weighted by atomic mass is 35.5. The zero-order chi connectivity index (χ0) is 22.8. The Bertz CT molecular complexity index is 1200. The minimum atomic E-state index is -1.08. The summed E-state index contributed by atoms with van der Waals surface area (Å²) in [6.45, 7) is -0.169. The summed E-state index contributed by atoms with van der Waals surface area (Å²) < 4.78 is 40.7. The van der Waals surface area contributed by atoms with E-state index >= 15 is 0 Å². The quantitative estimate of drug-likeness (QED) is 0.542. The Kier molecular flexibility index (Phi) is 6.43. The maximum absolute atomic E-state index is 13.8.